The standard InChI is InChI=1S/C20H16F5N3O/c21-16-2-1-11-9-26-6-5-14(11)15(16)10-27-12-7-13(8-12)29-17-3-4-18(20(23,24)25)28-19(17)22/h1-6,9,12-13,27H,7-8,10H2/t12-,13-. The molecule has 0 spiro atoms. The predicted octanol–water partition coefficient (Wildman–Crippen LogP) is 4.63. The van der Waals surface area contributed by atoms with Crippen LogP contribution < -0.4 is 10.1 Å². The van der Waals surface area contributed by atoms with Crippen LogP contribution in [0.4, 0.5) is 22.0 Å². The van der Waals surface area contributed by atoms with Crippen LogP contribution in [-0.4, -0.2) is 22.1 Å². The van der Waals surface area contributed by atoms with E-state index in [9.17, 15) is 22.0 Å². The van der Waals surface area contributed by atoms with Crippen LogP contribution in [0.15, 0.2) is 42.7 Å². The molecule has 4 rings (SSSR count). The van der Waals surface area contributed by atoms with Crippen LogP contribution >= 0.6 is 0 Å². The van der Waals surface area contributed by atoms with E-state index in [-0.39, 0.29) is 23.7 Å². The minimum absolute atomic E-state index is 0.0296. The van der Waals surface area contributed by atoms with Gasteiger partial charge >= 0.3 is 6.18 Å². The van der Waals surface area contributed by atoms with Crippen LogP contribution in [0.5, 0.6) is 5.75 Å². The average Bonchev–Trinajstić information content (AvgIpc) is 2.65. The first-order valence-electron chi connectivity index (χ1n) is 8.96. The molecule has 0 saturated heterocycles. The molecule has 0 atom stereocenters. The van der Waals surface area contributed by atoms with Gasteiger partial charge in [0.1, 0.15) is 17.6 Å². The largest absolute Gasteiger partial charge is 0.486 e. The lowest BCUT2D eigenvalue weighted by Gasteiger charge is -2.36. The molecule has 1 saturated carbocycles. The van der Waals surface area contributed by atoms with E-state index in [1.807, 2.05) is 0 Å². The normalized spacial score (nSPS) is 19.2. The number of hydrogen-bond donors (Lipinski definition) is 1. The number of rotatable bonds is 5. The van der Waals surface area contributed by atoms with E-state index in [1.54, 1.807) is 24.5 Å². The van der Waals surface area contributed by atoms with Gasteiger partial charge in [0.2, 0.25) is 0 Å². The molecule has 0 radical (unpaired) electrons. The van der Waals surface area contributed by atoms with E-state index in [0.29, 0.717) is 31.0 Å². The third kappa shape index (κ3) is 4.14. The highest BCUT2D eigenvalue weighted by atomic mass is 19.4. The maximum atomic E-state index is 14.2. The first-order valence-corrected chi connectivity index (χ1v) is 8.96. The molecule has 29 heavy (non-hydrogen) atoms. The van der Waals surface area contributed by atoms with Crippen molar-refractivity contribution < 1.29 is 26.7 Å². The molecule has 152 valence electrons. The Morgan fingerprint density at radius 1 is 1.07 bits per heavy atom. The lowest BCUT2D eigenvalue weighted by atomic mass is 9.89. The number of halogens is 5. The molecule has 1 N–H and O–H groups in total. The van der Waals surface area contributed by atoms with E-state index in [4.69, 9.17) is 4.74 Å². The Hall–Kier alpha value is -2.81. The van der Waals surface area contributed by atoms with Crippen molar-refractivity contribution in [3.8, 4) is 5.75 Å². The summed E-state index contributed by atoms with van der Waals surface area (Å²) in [6, 6.07) is 6.47. The van der Waals surface area contributed by atoms with Gasteiger partial charge in [-0.15, -0.1) is 0 Å². The van der Waals surface area contributed by atoms with Crippen molar-refractivity contribution in [2.45, 2.75) is 37.7 Å². The summed E-state index contributed by atoms with van der Waals surface area (Å²) in [6.45, 7) is 0.306. The Morgan fingerprint density at radius 3 is 2.59 bits per heavy atom. The lowest BCUT2D eigenvalue weighted by Crippen LogP contribution is -2.46. The van der Waals surface area contributed by atoms with Gasteiger partial charge in [-0.1, -0.05) is 0 Å². The highest BCUT2D eigenvalue weighted by Gasteiger charge is 2.35. The third-order valence-electron chi connectivity index (χ3n) is 4.94. The first-order chi connectivity index (χ1) is 13.8. The molecule has 1 fully saturated rings. The van der Waals surface area contributed by atoms with Crippen molar-refractivity contribution in [3.63, 3.8) is 0 Å². The maximum absolute atomic E-state index is 14.2. The van der Waals surface area contributed by atoms with Crippen LogP contribution in [0.1, 0.15) is 24.1 Å². The zero-order valence-corrected chi connectivity index (χ0v) is 15.0. The Balaban J connectivity index is 1.33. The second-order valence-corrected chi connectivity index (χ2v) is 6.90. The zero-order chi connectivity index (χ0) is 20.6. The first kappa shape index (κ1) is 19.5. The number of aromatic nitrogens is 2. The summed E-state index contributed by atoms with van der Waals surface area (Å²) in [5.41, 5.74) is -0.768. The molecular weight excluding hydrogens is 393 g/mol. The monoisotopic (exact) mass is 409 g/mol. The zero-order valence-electron chi connectivity index (χ0n) is 15.0. The summed E-state index contributed by atoms with van der Waals surface area (Å²) < 4.78 is 71.0. The highest BCUT2D eigenvalue weighted by Crippen LogP contribution is 2.32. The van der Waals surface area contributed by atoms with Gasteiger partial charge in [0.15, 0.2) is 5.75 Å². The fourth-order valence-electron chi connectivity index (χ4n) is 3.31. The van der Waals surface area contributed by atoms with E-state index in [2.05, 4.69) is 15.3 Å². The number of fused-ring (bicyclic) bond motifs is 1. The van der Waals surface area contributed by atoms with Crippen molar-refractivity contribution in [2.75, 3.05) is 0 Å². The van der Waals surface area contributed by atoms with Crippen LogP contribution in [0, 0.1) is 11.8 Å². The summed E-state index contributed by atoms with van der Waals surface area (Å²) in [7, 11) is 0. The molecule has 1 aliphatic rings. The van der Waals surface area contributed by atoms with E-state index in [0.717, 1.165) is 16.8 Å². The Morgan fingerprint density at radius 2 is 1.86 bits per heavy atom. The molecule has 2 aromatic heterocycles. The summed E-state index contributed by atoms with van der Waals surface area (Å²) in [6.07, 6.45) is -0.744. The second-order valence-electron chi connectivity index (χ2n) is 6.90. The Labute approximate surface area is 162 Å². The van der Waals surface area contributed by atoms with Gasteiger partial charge < -0.3 is 10.1 Å². The molecule has 4 nitrogen and oxygen atoms in total. The fourth-order valence-corrected chi connectivity index (χ4v) is 3.31. The van der Waals surface area contributed by atoms with Gasteiger partial charge in [-0.25, -0.2) is 9.37 Å². The van der Waals surface area contributed by atoms with Gasteiger partial charge in [-0.3, -0.25) is 4.98 Å². The quantitative estimate of drug-likeness (QED) is 0.493. The summed E-state index contributed by atoms with van der Waals surface area (Å²) >= 11 is 0. The SMILES string of the molecule is Fc1ccc2cnccc2c1CN[C@H]1C[C@H](Oc2ccc(C(F)(F)F)nc2F)C1. The number of nitrogens with one attached hydrogen (secondary N) is 1. The smallest absolute Gasteiger partial charge is 0.433 e. The average molecular weight is 409 g/mol. The van der Waals surface area contributed by atoms with Crippen LogP contribution in [0.3, 0.4) is 0 Å². The number of ether oxygens (including phenoxy) is 1. The van der Waals surface area contributed by atoms with Crippen molar-refractivity contribution >= 4 is 10.8 Å². The number of benzene rings is 1. The molecule has 1 aliphatic carbocycles. The van der Waals surface area contributed by atoms with Gasteiger partial charge in [-0.05, 0) is 48.6 Å². The van der Waals surface area contributed by atoms with Gasteiger partial charge in [0.25, 0.3) is 5.95 Å². The second kappa shape index (κ2) is 7.55. The van der Waals surface area contributed by atoms with E-state index < -0.39 is 17.8 Å². The molecule has 0 aliphatic heterocycles. The van der Waals surface area contributed by atoms with Crippen molar-refractivity contribution in [3.05, 3.63) is 65.7 Å². The maximum Gasteiger partial charge on any atom is 0.433 e. The Kier molecular flexibility index (Phi) is 5.08. The summed E-state index contributed by atoms with van der Waals surface area (Å²) in [5.74, 6) is -1.92. The van der Waals surface area contributed by atoms with Crippen LogP contribution in [0.2, 0.25) is 0 Å². The van der Waals surface area contributed by atoms with Crippen molar-refractivity contribution in [2.24, 2.45) is 0 Å². The summed E-state index contributed by atoms with van der Waals surface area (Å²) in [5, 5.41) is 4.84. The molecule has 1 aromatic carbocycles. The van der Waals surface area contributed by atoms with Crippen molar-refractivity contribution in [1.29, 1.82) is 0 Å². The lowest BCUT2D eigenvalue weighted by molar-refractivity contribution is -0.141. The van der Waals surface area contributed by atoms with Gasteiger partial charge in [0, 0.05) is 35.9 Å². The summed E-state index contributed by atoms with van der Waals surface area (Å²) in [4.78, 5) is 6.93. The molecule has 3 aromatic rings. The van der Waals surface area contributed by atoms with E-state index in [1.165, 1.54) is 6.07 Å². The topological polar surface area (TPSA) is 47.0 Å². The van der Waals surface area contributed by atoms with E-state index >= 15 is 0 Å². The Bertz CT molecular complexity index is 1030. The fraction of sp³-hybridized carbons (Fsp3) is 0.300. The molecule has 0 unspecified atom stereocenters. The van der Waals surface area contributed by atoms with Gasteiger partial charge in [-0.2, -0.15) is 17.6 Å². The van der Waals surface area contributed by atoms with Crippen LogP contribution in [-0.2, 0) is 12.7 Å². The predicted molar refractivity (Wildman–Crippen MR) is 95.2 cm³/mol. The van der Waals surface area contributed by atoms with Crippen LogP contribution in [0.25, 0.3) is 10.8 Å². The minimum atomic E-state index is -4.71. The number of pyridine rings is 2. The highest BCUT2D eigenvalue weighted by molar-refractivity contribution is 5.84. The molecule has 0 amide bonds. The van der Waals surface area contributed by atoms with Crippen molar-refractivity contribution in [1.82, 2.24) is 15.3 Å². The molecule has 2 heterocycles. The minimum Gasteiger partial charge on any atom is -0.486 e. The molecule has 9 heteroatoms. The molecular formula is C20H16F5N3O. The van der Waals surface area contributed by atoms with Gasteiger partial charge in [0.05, 0.1) is 0 Å². The third-order valence-corrected chi connectivity index (χ3v) is 4.94. The number of nitrogens with zero attached hydrogens (tertiary/aromatic N) is 2. The molecule has 0 bridgehead atoms. The number of hydrogen-bond acceptors (Lipinski definition) is 4. The number of alkyl halides is 3.